The molecule has 3 fully saturated rings. The molecule has 0 atom stereocenters. The van der Waals surface area contributed by atoms with Gasteiger partial charge in [-0.3, -0.25) is 9.59 Å². The van der Waals surface area contributed by atoms with Crippen molar-refractivity contribution in [2.75, 3.05) is 31.5 Å². The Morgan fingerprint density at radius 2 is 1.70 bits per heavy atom. The molecule has 5 nitrogen and oxygen atoms in total. The number of hydrogen-bond acceptors (Lipinski definition) is 3. The molecule has 0 spiro atoms. The molecule has 2 aromatic carbocycles. The Labute approximate surface area is 226 Å². The fourth-order valence-electron chi connectivity index (χ4n) is 6.27. The number of rotatable bonds is 10. The van der Waals surface area contributed by atoms with Crippen LogP contribution in [0.15, 0.2) is 48.5 Å². The van der Waals surface area contributed by atoms with Gasteiger partial charge in [0.25, 0.3) is 0 Å². The first-order valence-electron chi connectivity index (χ1n) is 14.2. The van der Waals surface area contributed by atoms with E-state index in [0.717, 1.165) is 81.8 Å². The molecular weight excluding hydrogens is 482 g/mol. The highest BCUT2D eigenvalue weighted by molar-refractivity contribution is 6.30. The molecule has 1 heterocycles. The first kappa shape index (κ1) is 26.2. The Morgan fingerprint density at radius 3 is 2.41 bits per heavy atom. The second kappa shape index (κ2) is 12.0. The first-order valence-corrected chi connectivity index (χ1v) is 14.5. The number of nitrogens with zero attached hydrogens (tertiary/aromatic N) is 1. The van der Waals surface area contributed by atoms with Crippen LogP contribution in [0.3, 0.4) is 0 Å². The average molecular weight is 522 g/mol. The van der Waals surface area contributed by atoms with Crippen molar-refractivity contribution in [1.29, 1.82) is 0 Å². The lowest BCUT2D eigenvalue weighted by atomic mass is 9.76. The second-order valence-electron chi connectivity index (χ2n) is 11.4. The molecule has 0 radical (unpaired) electrons. The summed E-state index contributed by atoms with van der Waals surface area (Å²) in [6.07, 6.45) is 10.4. The Balaban J connectivity index is 1.02. The van der Waals surface area contributed by atoms with E-state index >= 15 is 0 Å². The fourth-order valence-corrected chi connectivity index (χ4v) is 6.40. The van der Waals surface area contributed by atoms with Gasteiger partial charge in [-0.1, -0.05) is 48.7 Å². The Morgan fingerprint density at radius 1 is 0.973 bits per heavy atom. The van der Waals surface area contributed by atoms with E-state index in [1.807, 2.05) is 18.2 Å². The lowest BCUT2D eigenvalue weighted by Gasteiger charge is -2.32. The van der Waals surface area contributed by atoms with Crippen molar-refractivity contribution in [3.05, 3.63) is 64.7 Å². The molecule has 2 amide bonds. The van der Waals surface area contributed by atoms with Crippen molar-refractivity contribution in [2.24, 2.45) is 5.92 Å². The molecular formula is C31H40ClN3O2. The topological polar surface area (TPSA) is 61.4 Å². The monoisotopic (exact) mass is 521 g/mol. The Kier molecular flexibility index (Phi) is 8.51. The van der Waals surface area contributed by atoms with Gasteiger partial charge in [0.05, 0.1) is 0 Å². The van der Waals surface area contributed by atoms with Gasteiger partial charge < -0.3 is 15.5 Å². The number of halogens is 1. The SMILES string of the molecule is O=C(CC1(c2ccc(Cl)cc2)CCCC1)NCCCN1CCC(c2cccc(NC(=O)C3CC3)c2)CC1. The number of amides is 2. The van der Waals surface area contributed by atoms with E-state index in [4.69, 9.17) is 11.6 Å². The van der Waals surface area contributed by atoms with Gasteiger partial charge in [-0.15, -0.1) is 0 Å². The predicted molar refractivity (Wildman–Crippen MR) is 150 cm³/mol. The quantitative estimate of drug-likeness (QED) is 0.362. The van der Waals surface area contributed by atoms with Gasteiger partial charge in [0.2, 0.25) is 11.8 Å². The maximum absolute atomic E-state index is 12.9. The van der Waals surface area contributed by atoms with Gasteiger partial charge in [-0.25, -0.2) is 0 Å². The number of likely N-dealkylation sites (tertiary alicyclic amines) is 1. The zero-order chi connectivity index (χ0) is 25.7. The molecule has 198 valence electrons. The minimum absolute atomic E-state index is 0.0332. The summed E-state index contributed by atoms with van der Waals surface area (Å²) in [6.45, 7) is 3.92. The van der Waals surface area contributed by atoms with E-state index in [-0.39, 0.29) is 23.1 Å². The summed E-state index contributed by atoms with van der Waals surface area (Å²) in [7, 11) is 0. The Bertz CT molecular complexity index is 1070. The minimum Gasteiger partial charge on any atom is -0.356 e. The summed E-state index contributed by atoms with van der Waals surface area (Å²) < 4.78 is 0. The number of hydrogen-bond donors (Lipinski definition) is 2. The van der Waals surface area contributed by atoms with Crippen LogP contribution in [0.25, 0.3) is 0 Å². The van der Waals surface area contributed by atoms with Crippen LogP contribution in [0, 0.1) is 5.92 Å². The summed E-state index contributed by atoms with van der Waals surface area (Å²) in [5.74, 6) is 1.11. The van der Waals surface area contributed by atoms with E-state index in [1.54, 1.807) is 0 Å². The summed E-state index contributed by atoms with van der Waals surface area (Å²) in [5, 5.41) is 7.03. The van der Waals surface area contributed by atoms with E-state index in [0.29, 0.717) is 12.3 Å². The zero-order valence-corrected chi connectivity index (χ0v) is 22.6. The molecule has 6 heteroatoms. The maximum Gasteiger partial charge on any atom is 0.227 e. The highest BCUT2D eigenvalue weighted by Crippen LogP contribution is 2.44. The van der Waals surface area contributed by atoms with E-state index in [2.05, 4.69) is 45.9 Å². The maximum atomic E-state index is 12.9. The number of piperidine rings is 1. The smallest absolute Gasteiger partial charge is 0.227 e. The van der Waals surface area contributed by atoms with E-state index in [1.165, 1.54) is 24.0 Å². The van der Waals surface area contributed by atoms with Crippen molar-refractivity contribution in [2.45, 2.75) is 75.5 Å². The lowest BCUT2D eigenvalue weighted by molar-refractivity contribution is -0.122. The largest absolute Gasteiger partial charge is 0.356 e. The van der Waals surface area contributed by atoms with Gasteiger partial charge in [0.15, 0.2) is 0 Å². The molecule has 37 heavy (non-hydrogen) atoms. The van der Waals surface area contributed by atoms with Crippen molar-refractivity contribution in [1.82, 2.24) is 10.2 Å². The van der Waals surface area contributed by atoms with Gasteiger partial charge in [0.1, 0.15) is 0 Å². The molecule has 2 aromatic rings. The van der Waals surface area contributed by atoms with Gasteiger partial charge in [-0.2, -0.15) is 0 Å². The van der Waals surface area contributed by atoms with Gasteiger partial charge in [0, 0.05) is 35.0 Å². The molecule has 0 bridgehead atoms. The summed E-state index contributed by atoms with van der Waals surface area (Å²) in [4.78, 5) is 27.5. The Hall–Kier alpha value is -2.37. The second-order valence-corrected chi connectivity index (χ2v) is 11.8. The third kappa shape index (κ3) is 6.94. The van der Waals surface area contributed by atoms with Crippen molar-refractivity contribution in [3.8, 4) is 0 Å². The van der Waals surface area contributed by atoms with Crippen molar-refractivity contribution < 1.29 is 9.59 Å². The molecule has 2 N–H and O–H groups in total. The average Bonchev–Trinajstić information content (AvgIpc) is 3.67. The zero-order valence-electron chi connectivity index (χ0n) is 21.8. The molecule has 2 saturated carbocycles. The third-order valence-corrected chi connectivity index (χ3v) is 8.90. The highest BCUT2D eigenvalue weighted by Gasteiger charge is 2.37. The lowest BCUT2D eigenvalue weighted by Crippen LogP contribution is -2.37. The molecule has 1 saturated heterocycles. The van der Waals surface area contributed by atoms with Crippen LogP contribution >= 0.6 is 11.6 Å². The minimum atomic E-state index is -0.0332. The molecule has 3 aliphatic rings. The van der Waals surface area contributed by atoms with Crippen LogP contribution in [0.5, 0.6) is 0 Å². The van der Waals surface area contributed by atoms with Gasteiger partial charge >= 0.3 is 0 Å². The van der Waals surface area contributed by atoms with Crippen LogP contribution in [0.1, 0.15) is 81.3 Å². The molecule has 2 aliphatic carbocycles. The molecule has 5 rings (SSSR count). The number of benzene rings is 2. The van der Waals surface area contributed by atoms with E-state index < -0.39 is 0 Å². The van der Waals surface area contributed by atoms with Crippen LogP contribution in [-0.2, 0) is 15.0 Å². The van der Waals surface area contributed by atoms with E-state index in [9.17, 15) is 9.59 Å². The number of anilines is 1. The standard InChI is InChI=1S/C31H40ClN3O2/c32-27-11-9-26(10-12-27)31(15-1-2-16-31)22-29(36)33-17-4-18-35-19-13-23(14-20-35)25-5-3-6-28(21-25)34-30(37)24-7-8-24/h3,5-6,9-12,21,23-24H,1-2,4,7-8,13-20,22H2,(H,33,36)(H,34,37). The van der Waals surface area contributed by atoms with Crippen LogP contribution in [0.2, 0.25) is 5.02 Å². The predicted octanol–water partition coefficient (Wildman–Crippen LogP) is 6.28. The van der Waals surface area contributed by atoms with Crippen LogP contribution < -0.4 is 10.6 Å². The first-order chi connectivity index (χ1) is 18.0. The fraction of sp³-hybridized carbons (Fsp3) is 0.548. The molecule has 0 unspecified atom stereocenters. The number of carbonyl (C=O) groups excluding carboxylic acids is 2. The van der Waals surface area contributed by atoms with Gasteiger partial charge in [-0.05, 0) is 106 Å². The molecule has 0 aromatic heterocycles. The number of nitrogens with one attached hydrogen (secondary N) is 2. The molecule has 1 aliphatic heterocycles. The van der Waals surface area contributed by atoms with Crippen molar-refractivity contribution in [3.63, 3.8) is 0 Å². The highest BCUT2D eigenvalue weighted by atomic mass is 35.5. The summed E-state index contributed by atoms with van der Waals surface area (Å²) >= 11 is 6.09. The third-order valence-electron chi connectivity index (χ3n) is 8.65. The summed E-state index contributed by atoms with van der Waals surface area (Å²) in [5.41, 5.74) is 3.49. The van der Waals surface area contributed by atoms with Crippen LogP contribution in [-0.4, -0.2) is 42.9 Å². The number of carbonyl (C=O) groups is 2. The summed E-state index contributed by atoms with van der Waals surface area (Å²) in [6, 6.07) is 16.5. The van der Waals surface area contributed by atoms with Crippen molar-refractivity contribution >= 4 is 29.1 Å². The normalized spacial score (nSPS) is 20.0. The van der Waals surface area contributed by atoms with Crippen LogP contribution in [0.4, 0.5) is 5.69 Å².